The predicted molar refractivity (Wildman–Crippen MR) is 97.3 cm³/mol. The fraction of sp³-hybridized carbons (Fsp3) is 0.316. The molecule has 2 aromatic rings. The monoisotopic (exact) mass is 438 g/mol. The Morgan fingerprint density at radius 1 is 0.966 bits per heavy atom. The van der Waals surface area contributed by atoms with E-state index in [4.69, 9.17) is 9.47 Å². The van der Waals surface area contributed by atoms with Crippen LogP contribution in [0, 0.1) is 6.92 Å². The number of methoxy groups -OCH3 is 1. The first-order valence-corrected chi connectivity index (χ1v) is 9.26. The lowest BCUT2D eigenvalue weighted by atomic mass is 10.0. The maximum atomic E-state index is 13.3. The third-order valence-electron chi connectivity index (χ3n) is 3.90. The van der Waals surface area contributed by atoms with Crippen molar-refractivity contribution in [2.45, 2.75) is 19.3 Å². The van der Waals surface area contributed by atoms with E-state index in [1.807, 2.05) is 0 Å². The van der Waals surface area contributed by atoms with Gasteiger partial charge in [-0.2, -0.15) is 26.3 Å². The van der Waals surface area contributed by atoms with Crippen LogP contribution in [0.4, 0.5) is 26.3 Å². The number of rotatable bonds is 7. The van der Waals surface area contributed by atoms with Crippen molar-refractivity contribution in [1.82, 2.24) is 0 Å². The van der Waals surface area contributed by atoms with Gasteiger partial charge in [-0.25, -0.2) is 0 Å². The second-order valence-corrected chi connectivity index (χ2v) is 7.24. The molecule has 0 aliphatic carbocycles. The summed E-state index contributed by atoms with van der Waals surface area (Å²) in [6.07, 6.45) is -10.2. The third-order valence-corrected chi connectivity index (χ3v) is 5.21. The number of carbonyl (C=O) groups is 1. The highest BCUT2D eigenvalue weighted by molar-refractivity contribution is 7.66. The Labute approximate surface area is 164 Å². The van der Waals surface area contributed by atoms with Gasteiger partial charge in [0.05, 0.1) is 17.7 Å². The Morgan fingerprint density at radius 2 is 1.55 bits per heavy atom. The third kappa shape index (κ3) is 5.93. The highest BCUT2D eigenvalue weighted by Crippen LogP contribution is 2.41. The molecule has 0 N–H and O–H groups in total. The van der Waals surface area contributed by atoms with Crippen LogP contribution in [-0.4, -0.2) is 25.8 Å². The van der Waals surface area contributed by atoms with E-state index in [9.17, 15) is 31.1 Å². The molecule has 10 heteroatoms. The molecule has 0 fully saturated rings. The zero-order valence-corrected chi connectivity index (χ0v) is 16.4. The van der Waals surface area contributed by atoms with Gasteiger partial charge in [0.1, 0.15) is 12.4 Å². The van der Waals surface area contributed by atoms with Crippen molar-refractivity contribution in [2.24, 2.45) is 0 Å². The molecule has 0 saturated carbocycles. The van der Waals surface area contributed by atoms with Crippen LogP contribution in [0.3, 0.4) is 0 Å². The summed E-state index contributed by atoms with van der Waals surface area (Å²) in [5, 5.41) is 0.333. The van der Waals surface area contributed by atoms with Gasteiger partial charge in [-0.3, -0.25) is 4.79 Å². The lowest BCUT2D eigenvalue weighted by Crippen LogP contribution is -2.19. The van der Waals surface area contributed by atoms with Crippen LogP contribution in [-0.2, 0) is 17.1 Å². The van der Waals surface area contributed by atoms with Gasteiger partial charge in [0.15, 0.2) is 5.52 Å². The number of halogens is 6. The average molecular weight is 438 g/mol. The van der Waals surface area contributed by atoms with E-state index in [1.54, 1.807) is 13.0 Å². The summed E-state index contributed by atoms with van der Waals surface area (Å²) in [6, 6.07) is 6.11. The van der Waals surface area contributed by atoms with Gasteiger partial charge in [0.2, 0.25) is 0 Å². The molecule has 2 aromatic carbocycles. The van der Waals surface area contributed by atoms with Crippen LogP contribution in [0.5, 0.6) is 5.75 Å². The summed E-state index contributed by atoms with van der Waals surface area (Å²) in [7, 11) is 0.584. The van der Waals surface area contributed by atoms with E-state index in [1.165, 1.54) is 19.2 Å². The van der Waals surface area contributed by atoms with Crippen LogP contribution in [0.1, 0.15) is 27.0 Å². The Kier molecular flexibility index (Phi) is 7.30. The van der Waals surface area contributed by atoms with Gasteiger partial charge in [-0.1, -0.05) is 12.1 Å². The van der Waals surface area contributed by atoms with Crippen molar-refractivity contribution in [3.8, 4) is 5.75 Å². The van der Waals surface area contributed by atoms with Gasteiger partial charge in [0, 0.05) is 12.7 Å². The normalized spacial score (nSPS) is 12.6. The van der Waals surface area contributed by atoms with E-state index in [2.05, 4.69) is 0 Å². The van der Waals surface area contributed by atoms with Crippen molar-refractivity contribution < 1.29 is 40.6 Å². The molecule has 0 aromatic heterocycles. The van der Waals surface area contributed by atoms with Crippen LogP contribution < -0.4 is 10.0 Å². The summed E-state index contributed by atoms with van der Waals surface area (Å²) in [4.78, 5) is 12.6. The average Bonchev–Trinajstić information content (AvgIpc) is 2.62. The number of benzene rings is 2. The lowest BCUT2D eigenvalue weighted by molar-refractivity contribution is -0.143. The topological polar surface area (TPSA) is 35.5 Å². The molecule has 0 aliphatic heterocycles. The van der Waals surface area contributed by atoms with Gasteiger partial charge in [-0.15, -0.1) is 0 Å². The fourth-order valence-corrected chi connectivity index (χ4v) is 3.64. The van der Waals surface area contributed by atoms with Crippen LogP contribution in [0.15, 0.2) is 36.4 Å². The second-order valence-electron chi connectivity index (χ2n) is 6.00. The minimum Gasteiger partial charge on any atom is -0.491 e. The molecule has 3 nitrogen and oxygen atoms in total. The second kappa shape index (κ2) is 9.13. The molecule has 158 valence electrons. The molecule has 0 spiro atoms. The van der Waals surface area contributed by atoms with Crippen molar-refractivity contribution in [1.29, 1.82) is 0 Å². The van der Waals surface area contributed by atoms with E-state index in [0.717, 1.165) is 0 Å². The highest BCUT2D eigenvalue weighted by Gasteiger charge is 2.42. The Balaban J connectivity index is 2.38. The zero-order chi connectivity index (χ0) is 21.8. The predicted octanol–water partition coefficient (Wildman–Crippen LogP) is 5.20. The maximum Gasteiger partial charge on any atom is 0.417 e. The summed E-state index contributed by atoms with van der Waals surface area (Å²) in [6.45, 7) is 2.21. The molecule has 2 rings (SSSR count). The smallest absolute Gasteiger partial charge is 0.417 e. The molecule has 0 aliphatic rings. The van der Waals surface area contributed by atoms with Gasteiger partial charge < -0.3 is 9.47 Å². The Bertz CT molecular complexity index is 845. The quantitative estimate of drug-likeness (QED) is 0.339. The molecule has 0 amide bonds. The van der Waals surface area contributed by atoms with Crippen LogP contribution in [0.2, 0.25) is 0 Å². The number of hydrogen-bond donors (Lipinski definition) is 0. The molecular formula is C19H17F6O3P. The summed E-state index contributed by atoms with van der Waals surface area (Å²) >= 11 is 0. The number of carbonyl (C=O) groups excluding carboxylic acids is 1. The molecule has 0 bridgehead atoms. The van der Waals surface area contributed by atoms with Crippen LogP contribution >= 0.6 is 8.58 Å². The lowest BCUT2D eigenvalue weighted by Gasteiger charge is -2.18. The number of alkyl halides is 6. The summed E-state index contributed by atoms with van der Waals surface area (Å²) in [5.74, 6) is 0.451. The van der Waals surface area contributed by atoms with Gasteiger partial charge >= 0.3 is 12.4 Å². The standard InChI is InChI=1S/C19H17F6O3P/c1-11-10-12(28-9-8-27-2)6-7-15(11)29-17(26)16-13(18(20,21)22)4-3-5-14(16)19(23,24)25/h3-7,10,29H,8-9H2,1-2H3. The first-order valence-electron chi connectivity index (χ1n) is 8.26. The number of aryl methyl sites for hydroxylation is 1. The zero-order valence-electron chi connectivity index (χ0n) is 15.4. The first-order chi connectivity index (χ1) is 13.4. The Hall–Kier alpha value is -2.12. The summed E-state index contributed by atoms with van der Waals surface area (Å²) < 4.78 is 89.8. The van der Waals surface area contributed by atoms with Crippen molar-refractivity contribution in [3.63, 3.8) is 0 Å². The number of hydrogen-bond acceptors (Lipinski definition) is 3. The van der Waals surface area contributed by atoms with E-state index >= 15 is 0 Å². The van der Waals surface area contributed by atoms with Crippen LogP contribution in [0.25, 0.3) is 0 Å². The molecule has 29 heavy (non-hydrogen) atoms. The first kappa shape index (κ1) is 23.2. The van der Waals surface area contributed by atoms with Gasteiger partial charge in [-0.05, 0) is 50.6 Å². The fourth-order valence-electron chi connectivity index (χ4n) is 2.56. The molecule has 0 saturated heterocycles. The SMILES string of the molecule is COCCOc1ccc(PC(=O)c2c(C(F)(F)F)cccc2C(F)(F)F)c(C)c1. The molecule has 0 heterocycles. The molecule has 1 atom stereocenters. The van der Waals surface area contributed by atoms with Crippen molar-refractivity contribution >= 4 is 19.4 Å². The highest BCUT2D eigenvalue weighted by atomic mass is 31.1. The van der Waals surface area contributed by atoms with E-state index < -0.39 is 43.1 Å². The minimum atomic E-state index is -5.09. The molecule has 1 unspecified atom stereocenters. The summed E-state index contributed by atoms with van der Waals surface area (Å²) in [5.41, 5.74) is -5.26. The minimum absolute atomic E-state index is 0.268. The maximum absolute atomic E-state index is 13.3. The van der Waals surface area contributed by atoms with Crippen molar-refractivity contribution in [3.05, 3.63) is 58.7 Å². The number of ether oxygens (including phenoxy) is 2. The van der Waals surface area contributed by atoms with E-state index in [0.29, 0.717) is 41.4 Å². The largest absolute Gasteiger partial charge is 0.491 e. The van der Waals surface area contributed by atoms with Crippen molar-refractivity contribution in [2.75, 3.05) is 20.3 Å². The molecular weight excluding hydrogens is 421 g/mol. The van der Waals surface area contributed by atoms with E-state index in [-0.39, 0.29) is 6.61 Å². The van der Waals surface area contributed by atoms with Gasteiger partial charge in [0.25, 0.3) is 0 Å². The molecule has 0 radical (unpaired) electrons. The Morgan fingerprint density at radius 3 is 2.03 bits per heavy atom.